The Morgan fingerprint density at radius 2 is 1.09 bits per heavy atom. The zero-order valence-electron chi connectivity index (χ0n) is 10.3. The molecule has 4 N–H and O–H groups in total. The van der Waals surface area contributed by atoms with E-state index in [9.17, 15) is 26.3 Å². The molecule has 0 radical (unpaired) electrons. The summed E-state index contributed by atoms with van der Waals surface area (Å²) in [4.78, 5) is 0. The number of ether oxygens (including phenoxy) is 2. The topological polar surface area (TPSA) is 70.5 Å². The van der Waals surface area contributed by atoms with Crippen molar-refractivity contribution in [1.82, 2.24) is 0 Å². The predicted molar refractivity (Wildman–Crippen MR) is 67.9 cm³/mol. The van der Waals surface area contributed by atoms with Gasteiger partial charge < -0.3 is 20.9 Å². The van der Waals surface area contributed by atoms with E-state index < -0.39 is 35.0 Å². The van der Waals surface area contributed by atoms with E-state index >= 15 is 0 Å². The molecule has 0 bridgehead atoms. The van der Waals surface area contributed by atoms with Gasteiger partial charge in [0.2, 0.25) is 0 Å². The van der Waals surface area contributed by atoms with Crippen molar-refractivity contribution in [2.45, 2.75) is 23.5 Å². The van der Waals surface area contributed by atoms with E-state index in [4.69, 9.17) is 11.5 Å². The molecule has 4 nitrogen and oxygen atoms in total. The van der Waals surface area contributed by atoms with Gasteiger partial charge in [-0.3, -0.25) is 0 Å². The first kappa shape index (κ1) is 18.6. The fourth-order valence-electron chi connectivity index (χ4n) is 1.13. The number of alkyl halides is 8. The minimum Gasteiger partial charge on any atom is -0.425 e. The number of nitrogen functional groups attached to an aromatic ring is 2. The van der Waals surface area contributed by atoms with Crippen LogP contribution in [0.15, 0.2) is 12.1 Å². The lowest BCUT2D eigenvalue weighted by molar-refractivity contribution is -0.212. The predicted octanol–water partition coefficient (Wildman–Crippen LogP) is 3.86. The summed E-state index contributed by atoms with van der Waals surface area (Å²) >= 11 is 9.12. The van der Waals surface area contributed by atoms with Crippen molar-refractivity contribution in [3.05, 3.63) is 12.1 Å². The van der Waals surface area contributed by atoms with Crippen molar-refractivity contribution in [1.29, 1.82) is 0 Å². The first-order chi connectivity index (χ1) is 9.86. The number of hydrogen-bond acceptors (Lipinski definition) is 4. The Hall–Kier alpha value is -1.42. The van der Waals surface area contributed by atoms with Crippen LogP contribution in [-0.2, 0) is 0 Å². The molecule has 0 amide bonds. The normalized spacial score (nSPS) is 15.3. The van der Waals surface area contributed by atoms with Crippen molar-refractivity contribution < 1.29 is 35.8 Å². The summed E-state index contributed by atoms with van der Waals surface area (Å²) in [6.45, 7) is 0. The minimum atomic E-state index is -4.60. The Kier molecular flexibility index (Phi) is 5.39. The van der Waals surface area contributed by atoms with Crippen molar-refractivity contribution in [2.24, 2.45) is 0 Å². The van der Waals surface area contributed by atoms with Gasteiger partial charge in [0.05, 0.1) is 11.4 Å². The van der Waals surface area contributed by atoms with Gasteiger partial charge in [0.1, 0.15) is 0 Å². The van der Waals surface area contributed by atoms with Crippen LogP contribution < -0.4 is 20.9 Å². The monoisotopic (exact) mass is 372 g/mol. The Morgan fingerprint density at radius 3 is 1.32 bits per heavy atom. The maximum Gasteiger partial charge on any atom is 0.444 e. The molecule has 0 aliphatic carbocycles. The van der Waals surface area contributed by atoms with Crippen molar-refractivity contribution in [3.8, 4) is 11.5 Å². The van der Waals surface area contributed by atoms with Crippen molar-refractivity contribution in [3.63, 3.8) is 0 Å². The number of halogens is 8. The van der Waals surface area contributed by atoms with E-state index in [1.165, 1.54) is 0 Å². The highest BCUT2D eigenvalue weighted by molar-refractivity contribution is 6.20. The van der Waals surface area contributed by atoms with Gasteiger partial charge in [-0.2, -0.15) is 17.6 Å². The molecule has 0 aliphatic heterocycles. The first-order valence-corrected chi connectivity index (χ1v) is 6.13. The zero-order chi connectivity index (χ0) is 17.3. The average molecular weight is 373 g/mol. The van der Waals surface area contributed by atoms with Crippen LogP contribution in [0, 0.1) is 0 Å². The van der Waals surface area contributed by atoms with E-state index in [0.29, 0.717) is 12.1 Å². The van der Waals surface area contributed by atoms with Crippen LogP contribution >= 0.6 is 23.2 Å². The number of rotatable bonds is 6. The molecule has 0 saturated carbocycles. The summed E-state index contributed by atoms with van der Waals surface area (Å²) in [5, 5.41) is 0. The Bertz CT molecular complexity index is 497. The molecule has 126 valence electrons. The molecular weight excluding hydrogens is 365 g/mol. The second-order valence-corrected chi connectivity index (χ2v) is 4.62. The number of anilines is 2. The second kappa shape index (κ2) is 6.37. The smallest absolute Gasteiger partial charge is 0.425 e. The zero-order valence-corrected chi connectivity index (χ0v) is 11.8. The third-order valence-corrected chi connectivity index (χ3v) is 2.66. The van der Waals surface area contributed by atoms with Gasteiger partial charge in [0.15, 0.2) is 11.5 Å². The maximum absolute atomic E-state index is 13.1. The van der Waals surface area contributed by atoms with Crippen molar-refractivity contribution >= 4 is 34.6 Å². The molecule has 0 fully saturated rings. The lowest BCUT2D eigenvalue weighted by Gasteiger charge is -2.23. The third kappa shape index (κ3) is 4.29. The molecule has 0 saturated heterocycles. The maximum atomic E-state index is 13.1. The van der Waals surface area contributed by atoms with Gasteiger partial charge in [-0.25, -0.2) is 8.78 Å². The summed E-state index contributed by atoms with van der Waals surface area (Å²) in [6, 6.07) is 1.10. The van der Waals surface area contributed by atoms with Crippen LogP contribution in [0.3, 0.4) is 0 Å². The van der Waals surface area contributed by atoms with Gasteiger partial charge in [0, 0.05) is 12.1 Å². The highest BCUT2D eigenvalue weighted by Gasteiger charge is 2.45. The summed E-state index contributed by atoms with van der Waals surface area (Å²) < 4.78 is 85.1. The molecule has 2 atom stereocenters. The molecule has 2 unspecified atom stereocenters. The lowest BCUT2D eigenvalue weighted by Crippen LogP contribution is -2.35. The summed E-state index contributed by atoms with van der Waals surface area (Å²) in [7, 11) is 0. The molecule has 0 aromatic heterocycles. The molecular formula is C10H8Cl2F6N2O2. The molecule has 0 heterocycles. The Labute approximate surface area is 129 Å². The standard InChI is InChI=1S/C10H8Cl2F6N2O2/c11-7(13)9(15,16)21-5-1-3(19)4(20)2-6(5)22-10(17,18)8(12)14/h1-2,7-8H,19-20H2. The summed E-state index contributed by atoms with van der Waals surface area (Å²) in [5.41, 5.74) is 3.24. The highest BCUT2D eigenvalue weighted by atomic mass is 35.5. The molecule has 1 aromatic carbocycles. The van der Waals surface area contributed by atoms with Crippen LogP contribution in [0.25, 0.3) is 0 Å². The molecule has 12 heteroatoms. The lowest BCUT2D eigenvalue weighted by atomic mass is 10.2. The van der Waals surface area contributed by atoms with Gasteiger partial charge in [-0.15, -0.1) is 0 Å². The first-order valence-electron chi connectivity index (χ1n) is 5.25. The SMILES string of the molecule is Nc1cc(OC(F)(F)C(F)Cl)c(OC(F)(F)C(F)Cl)cc1N. The van der Waals surface area contributed by atoms with Gasteiger partial charge in [-0.05, 0) is 0 Å². The average Bonchev–Trinajstić information content (AvgIpc) is 2.34. The van der Waals surface area contributed by atoms with E-state index in [1.54, 1.807) is 0 Å². The molecule has 0 spiro atoms. The Balaban J connectivity index is 3.24. The number of nitrogens with two attached hydrogens (primary N) is 2. The Morgan fingerprint density at radius 1 is 0.818 bits per heavy atom. The minimum absolute atomic E-state index is 0.367. The third-order valence-electron chi connectivity index (χ3n) is 2.15. The highest BCUT2D eigenvalue weighted by Crippen LogP contribution is 2.41. The molecule has 1 rings (SSSR count). The van der Waals surface area contributed by atoms with E-state index in [0.717, 1.165) is 0 Å². The van der Waals surface area contributed by atoms with E-state index in [1.807, 2.05) is 0 Å². The van der Waals surface area contributed by atoms with Crippen LogP contribution in [0.4, 0.5) is 37.7 Å². The fourth-order valence-corrected chi connectivity index (χ4v) is 1.22. The van der Waals surface area contributed by atoms with Gasteiger partial charge in [-0.1, -0.05) is 23.2 Å². The van der Waals surface area contributed by atoms with Crippen LogP contribution in [0.1, 0.15) is 0 Å². The second-order valence-electron chi connectivity index (χ2n) is 3.86. The summed E-state index contributed by atoms with van der Waals surface area (Å²) in [6.07, 6.45) is -9.21. The molecule has 22 heavy (non-hydrogen) atoms. The van der Waals surface area contributed by atoms with Crippen LogP contribution in [0.2, 0.25) is 0 Å². The van der Waals surface area contributed by atoms with Crippen LogP contribution in [0.5, 0.6) is 11.5 Å². The number of hydrogen-bond donors (Lipinski definition) is 2. The quantitative estimate of drug-likeness (QED) is 0.451. The van der Waals surface area contributed by atoms with E-state index in [2.05, 4.69) is 32.7 Å². The van der Waals surface area contributed by atoms with Crippen molar-refractivity contribution in [2.75, 3.05) is 11.5 Å². The largest absolute Gasteiger partial charge is 0.444 e. The van der Waals surface area contributed by atoms with E-state index in [-0.39, 0.29) is 11.4 Å². The molecule has 1 aromatic rings. The number of benzene rings is 1. The van der Waals surface area contributed by atoms with Crippen LogP contribution in [-0.4, -0.2) is 23.5 Å². The molecule has 0 aliphatic rings. The van der Waals surface area contributed by atoms with Gasteiger partial charge >= 0.3 is 12.2 Å². The fraction of sp³-hybridized carbons (Fsp3) is 0.400. The summed E-state index contributed by atoms with van der Waals surface area (Å²) in [5.74, 6) is -2.28. The van der Waals surface area contributed by atoms with Gasteiger partial charge in [0.25, 0.3) is 11.3 Å².